The predicted molar refractivity (Wildman–Crippen MR) is 126 cm³/mol. The molecule has 0 atom stereocenters. The van der Waals surface area contributed by atoms with E-state index in [9.17, 15) is 0 Å². The van der Waals surface area contributed by atoms with Crippen LogP contribution in [0.1, 0.15) is 0 Å². The molecule has 0 spiro atoms. The topological polar surface area (TPSA) is 20.7 Å². The fourth-order valence-corrected chi connectivity index (χ4v) is 5.69. The van der Waals surface area contributed by atoms with Gasteiger partial charge in [-0.2, -0.15) is 0 Å². The Hall–Kier alpha value is -3.56. The molecular weight excluding hydrogens is 372 g/mol. The largest absolute Gasteiger partial charge is 0.354 e. The number of para-hydroxylation sites is 1. The molecule has 3 heterocycles. The van der Waals surface area contributed by atoms with Crippen molar-refractivity contribution >= 4 is 64.2 Å². The van der Waals surface area contributed by atoms with Crippen LogP contribution in [0.2, 0.25) is 0 Å². The summed E-state index contributed by atoms with van der Waals surface area (Å²) in [6.07, 6.45) is 2.16. The van der Waals surface area contributed by atoms with E-state index in [4.69, 9.17) is 0 Å². The van der Waals surface area contributed by atoms with E-state index in [-0.39, 0.29) is 0 Å². The molecule has 0 bridgehead atoms. The molecule has 0 saturated carbocycles. The zero-order chi connectivity index (χ0) is 18.9. The first-order valence-electron chi connectivity index (χ1n) is 9.78. The van der Waals surface area contributed by atoms with E-state index in [1.165, 1.54) is 58.6 Å². The number of hydrogen-bond acceptors (Lipinski definition) is 1. The monoisotopic (exact) mass is 388 g/mol. The number of H-pyrrole nitrogens is 1. The quantitative estimate of drug-likeness (QED) is 0.298. The number of nitrogens with zero attached hydrogens (tertiary/aromatic N) is 1. The van der Waals surface area contributed by atoms with Gasteiger partial charge >= 0.3 is 0 Å². The molecule has 7 rings (SSSR count). The summed E-state index contributed by atoms with van der Waals surface area (Å²) in [5.74, 6) is 0. The van der Waals surface area contributed by atoms with E-state index in [0.29, 0.717) is 0 Å². The van der Waals surface area contributed by atoms with Gasteiger partial charge in [0.1, 0.15) is 0 Å². The molecule has 0 fully saturated rings. The summed E-state index contributed by atoms with van der Waals surface area (Å²) >= 11 is 1.87. The van der Waals surface area contributed by atoms with Crippen LogP contribution in [0.3, 0.4) is 0 Å². The lowest BCUT2D eigenvalue weighted by Crippen LogP contribution is -1.90. The van der Waals surface area contributed by atoms with Gasteiger partial charge in [0, 0.05) is 59.2 Å². The molecular formula is C26H16N2S. The molecule has 29 heavy (non-hydrogen) atoms. The molecule has 1 N–H and O–H groups in total. The molecule has 0 unspecified atom stereocenters. The lowest BCUT2D eigenvalue weighted by molar-refractivity contribution is 1.13. The first-order valence-corrected chi connectivity index (χ1v) is 10.6. The van der Waals surface area contributed by atoms with Gasteiger partial charge in [0.15, 0.2) is 0 Å². The van der Waals surface area contributed by atoms with Crippen molar-refractivity contribution in [3.05, 3.63) is 91.1 Å². The van der Waals surface area contributed by atoms with Gasteiger partial charge in [-0.3, -0.25) is 0 Å². The number of thiophene rings is 1. The highest BCUT2D eigenvalue weighted by atomic mass is 32.1. The summed E-state index contributed by atoms with van der Waals surface area (Å²) < 4.78 is 4.94. The Morgan fingerprint density at radius 3 is 2.34 bits per heavy atom. The summed E-state index contributed by atoms with van der Waals surface area (Å²) in [6, 6.07) is 30.7. The van der Waals surface area contributed by atoms with Crippen LogP contribution in [0.5, 0.6) is 0 Å². The minimum absolute atomic E-state index is 1.19. The van der Waals surface area contributed by atoms with Gasteiger partial charge in [-0.1, -0.05) is 36.4 Å². The fraction of sp³-hybridized carbons (Fsp3) is 0. The molecule has 0 aliphatic heterocycles. The smallest absolute Gasteiger partial charge is 0.0549 e. The lowest BCUT2D eigenvalue weighted by Gasteiger charge is -2.05. The van der Waals surface area contributed by atoms with Crippen molar-refractivity contribution in [3.8, 4) is 5.69 Å². The second-order valence-corrected chi connectivity index (χ2v) is 8.68. The minimum Gasteiger partial charge on any atom is -0.354 e. The van der Waals surface area contributed by atoms with Crippen molar-refractivity contribution in [1.29, 1.82) is 0 Å². The molecule has 3 heteroatoms. The molecule has 0 radical (unpaired) electrons. The molecule has 7 aromatic rings. The van der Waals surface area contributed by atoms with Crippen LogP contribution >= 0.6 is 11.3 Å². The maximum atomic E-state index is 3.67. The van der Waals surface area contributed by atoms with E-state index < -0.39 is 0 Å². The van der Waals surface area contributed by atoms with Gasteiger partial charge in [-0.15, -0.1) is 11.3 Å². The molecule has 0 amide bonds. The van der Waals surface area contributed by atoms with Gasteiger partial charge < -0.3 is 9.55 Å². The molecule has 0 aliphatic rings. The predicted octanol–water partition coefficient (Wildman–Crippen LogP) is 7.63. The number of fused-ring (bicyclic) bond motifs is 7. The molecule has 136 valence electrons. The van der Waals surface area contributed by atoms with E-state index >= 15 is 0 Å². The average molecular weight is 388 g/mol. The van der Waals surface area contributed by atoms with Crippen LogP contribution in [-0.2, 0) is 0 Å². The summed E-state index contributed by atoms with van der Waals surface area (Å²) in [7, 11) is 0. The van der Waals surface area contributed by atoms with Gasteiger partial charge in [0.2, 0.25) is 0 Å². The van der Waals surface area contributed by atoms with Gasteiger partial charge in [-0.05, 0) is 48.5 Å². The maximum absolute atomic E-state index is 3.67. The third kappa shape index (κ3) is 2.11. The Balaban J connectivity index is 1.55. The van der Waals surface area contributed by atoms with E-state index in [0.717, 1.165) is 0 Å². The standard InChI is InChI=1S/C26H16N2S/c1-2-6-17(7-3-1)28-11-10-16-12-19-20-13-21-18-8-4-5-9-25(18)29-26(21)15-23(20)27-22(19)14-24(16)28/h1-15,27H. The Morgan fingerprint density at radius 2 is 1.41 bits per heavy atom. The second kappa shape index (κ2) is 5.49. The van der Waals surface area contributed by atoms with Crippen molar-refractivity contribution < 1.29 is 0 Å². The number of rotatable bonds is 1. The van der Waals surface area contributed by atoms with Crippen LogP contribution < -0.4 is 0 Å². The molecule has 0 saturated heterocycles. The molecule has 3 aromatic heterocycles. The lowest BCUT2D eigenvalue weighted by atomic mass is 10.1. The third-order valence-corrected chi connectivity index (χ3v) is 7.07. The highest BCUT2D eigenvalue weighted by Crippen LogP contribution is 2.39. The van der Waals surface area contributed by atoms with Crippen molar-refractivity contribution in [2.24, 2.45) is 0 Å². The highest BCUT2D eigenvalue weighted by Gasteiger charge is 2.12. The van der Waals surface area contributed by atoms with Crippen LogP contribution in [0.15, 0.2) is 91.1 Å². The Kier molecular flexibility index (Phi) is 2.91. The fourth-order valence-electron chi connectivity index (χ4n) is 4.56. The van der Waals surface area contributed by atoms with Crippen molar-refractivity contribution in [2.45, 2.75) is 0 Å². The minimum atomic E-state index is 1.19. The third-order valence-electron chi connectivity index (χ3n) is 5.94. The summed E-state index contributed by atoms with van der Waals surface area (Å²) in [5.41, 5.74) is 4.80. The number of benzene rings is 4. The number of aromatic amines is 1. The maximum Gasteiger partial charge on any atom is 0.0549 e. The van der Waals surface area contributed by atoms with Crippen molar-refractivity contribution in [1.82, 2.24) is 9.55 Å². The number of hydrogen-bond donors (Lipinski definition) is 1. The van der Waals surface area contributed by atoms with Crippen molar-refractivity contribution in [2.75, 3.05) is 0 Å². The zero-order valence-electron chi connectivity index (χ0n) is 15.5. The van der Waals surface area contributed by atoms with Crippen LogP contribution in [-0.4, -0.2) is 9.55 Å². The molecule has 0 aliphatic carbocycles. The van der Waals surface area contributed by atoms with E-state index in [2.05, 4.69) is 101 Å². The van der Waals surface area contributed by atoms with Crippen LogP contribution in [0, 0.1) is 0 Å². The molecule has 4 aromatic carbocycles. The molecule has 2 nitrogen and oxygen atoms in total. The first-order chi connectivity index (χ1) is 14.3. The summed E-state index contributed by atoms with van der Waals surface area (Å²) in [6.45, 7) is 0. The van der Waals surface area contributed by atoms with Gasteiger partial charge in [0.05, 0.1) is 5.52 Å². The van der Waals surface area contributed by atoms with E-state index in [1.54, 1.807) is 0 Å². The highest BCUT2D eigenvalue weighted by molar-refractivity contribution is 7.25. The average Bonchev–Trinajstić information content (AvgIpc) is 3.43. The van der Waals surface area contributed by atoms with Gasteiger partial charge in [-0.25, -0.2) is 0 Å². The SMILES string of the molecule is c1ccc(-n2ccc3cc4c(cc32)[nH]c2cc3sc5ccccc5c3cc24)cc1. The zero-order valence-corrected chi connectivity index (χ0v) is 16.3. The Bertz CT molecular complexity index is 1700. The summed E-state index contributed by atoms with van der Waals surface area (Å²) in [5, 5.41) is 6.54. The second-order valence-electron chi connectivity index (χ2n) is 7.60. The van der Waals surface area contributed by atoms with Crippen molar-refractivity contribution in [3.63, 3.8) is 0 Å². The first kappa shape index (κ1) is 15.4. The van der Waals surface area contributed by atoms with Crippen LogP contribution in [0.4, 0.5) is 0 Å². The number of aromatic nitrogens is 2. The normalized spacial score (nSPS) is 12.1. The van der Waals surface area contributed by atoms with Crippen LogP contribution in [0.25, 0.3) is 58.6 Å². The van der Waals surface area contributed by atoms with E-state index in [1.807, 2.05) is 11.3 Å². The number of nitrogens with one attached hydrogen (secondary N) is 1. The summed E-state index contributed by atoms with van der Waals surface area (Å²) in [4.78, 5) is 3.67. The Morgan fingerprint density at radius 1 is 0.621 bits per heavy atom. The van der Waals surface area contributed by atoms with Gasteiger partial charge in [0.25, 0.3) is 0 Å². The Labute approximate surface area is 170 Å².